The molecule has 0 unspecified atom stereocenters. The molecule has 124 valence electrons. The minimum Gasteiger partial charge on any atom is -0.289 e. The number of hydrogen-bond donors (Lipinski definition) is 0. The Labute approximate surface area is 145 Å². The van der Waals surface area contributed by atoms with Gasteiger partial charge in [0.15, 0.2) is 11.6 Å². The van der Waals surface area contributed by atoms with Crippen molar-refractivity contribution < 1.29 is 14.0 Å². The zero-order valence-corrected chi connectivity index (χ0v) is 14.0. The Kier molecular flexibility index (Phi) is 4.57. The molecule has 0 saturated carbocycles. The number of carbonyl (C=O) groups excluding carboxylic acids is 2. The Morgan fingerprint density at radius 3 is 1.32 bits per heavy atom. The van der Waals surface area contributed by atoms with Crippen molar-refractivity contribution in [3.63, 3.8) is 0 Å². The lowest BCUT2D eigenvalue weighted by Gasteiger charge is -2.07. The van der Waals surface area contributed by atoms with Gasteiger partial charge in [-0.2, -0.15) is 0 Å². The molecule has 3 heteroatoms. The highest BCUT2D eigenvalue weighted by Crippen LogP contribution is 2.18. The highest BCUT2D eigenvalue weighted by atomic mass is 19.1. The molecule has 0 spiro atoms. The van der Waals surface area contributed by atoms with E-state index in [2.05, 4.69) is 0 Å². The van der Waals surface area contributed by atoms with Gasteiger partial charge in [0, 0.05) is 22.3 Å². The molecule has 25 heavy (non-hydrogen) atoms. The Morgan fingerprint density at radius 1 is 0.600 bits per heavy atom. The Hall–Kier alpha value is -3.07. The quantitative estimate of drug-likeness (QED) is 0.637. The molecular weight excluding hydrogens is 315 g/mol. The Bertz CT molecular complexity index is 863. The van der Waals surface area contributed by atoms with Crippen LogP contribution in [0.3, 0.4) is 0 Å². The number of rotatable bonds is 4. The molecule has 0 amide bonds. The van der Waals surface area contributed by atoms with Crippen molar-refractivity contribution in [2.24, 2.45) is 0 Å². The number of aryl methyl sites for hydroxylation is 2. The van der Waals surface area contributed by atoms with Crippen LogP contribution < -0.4 is 0 Å². The fourth-order valence-electron chi connectivity index (χ4n) is 2.60. The van der Waals surface area contributed by atoms with Gasteiger partial charge >= 0.3 is 0 Å². The van der Waals surface area contributed by atoms with E-state index in [1.165, 1.54) is 6.07 Å². The number of benzene rings is 3. The van der Waals surface area contributed by atoms with Gasteiger partial charge in [-0.15, -0.1) is 0 Å². The van der Waals surface area contributed by atoms with Gasteiger partial charge in [0.2, 0.25) is 0 Å². The molecular formula is C22H17FO2. The predicted octanol–water partition coefficient (Wildman–Crippen LogP) is 4.90. The molecule has 0 atom stereocenters. The van der Waals surface area contributed by atoms with Gasteiger partial charge in [-0.25, -0.2) is 4.39 Å². The number of carbonyl (C=O) groups is 2. The minimum atomic E-state index is -0.603. The van der Waals surface area contributed by atoms with Gasteiger partial charge in [-0.3, -0.25) is 9.59 Å². The third-order valence-corrected chi connectivity index (χ3v) is 4.05. The SMILES string of the molecule is Cc1ccc(C(=O)c2cc(F)cc(C(=O)c3ccc(C)cc3)c2)cc1. The average Bonchev–Trinajstić information content (AvgIpc) is 2.61. The van der Waals surface area contributed by atoms with Crippen LogP contribution in [0.4, 0.5) is 4.39 Å². The molecule has 0 fully saturated rings. The van der Waals surface area contributed by atoms with Crippen molar-refractivity contribution in [1.82, 2.24) is 0 Å². The first kappa shape index (κ1) is 16.8. The summed E-state index contributed by atoms with van der Waals surface area (Å²) in [7, 11) is 0. The van der Waals surface area contributed by atoms with Crippen LogP contribution >= 0.6 is 0 Å². The van der Waals surface area contributed by atoms with Crippen LogP contribution in [-0.4, -0.2) is 11.6 Å². The molecule has 0 aromatic heterocycles. The second kappa shape index (κ2) is 6.81. The maximum Gasteiger partial charge on any atom is 0.193 e. The van der Waals surface area contributed by atoms with E-state index in [1.807, 2.05) is 38.1 Å². The molecule has 3 rings (SSSR count). The van der Waals surface area contributed by atoms with Gasteiger partial charge in [-0.1, -0.05) is 59.7 Å². The molecule has 0 aliphatic heterocycles. The summed E-state index contributed by atoms with van der Waals surface area (Å²) in [5.74, 6) is -1.22. The molecule has 0 N–H and O–H groups in total. The van der Waals surface area contributed by atoms with Crippen molar-refractivity contribution in [3.05, 3.63) is 106 Å². The van der Waals surface area contributed by atoms with Crippen LogP contribution in [0, 0.1) is 19.7 Å². The molecule has 0 bridgehead atoms. The first-order valence-corrected chi connectivity index (χ1v) is 7.97. The molecule has 0 heterocycles. The van der Waals surface area contributed by atoms with Gasteiger partial charge in [-0.05, 0) is 32.0 Å². The summed E-state index contributed by atoms with van der Waals surface area (Å²) < 4.78 is 14.0. The monoisotopic (exact) mass is 332 g/mol. The van der Waals surface area contributed by atoms with E-state index in [1.54, 1.807) is 24.3 Å². The normalized spacial score (nSPS) is 10.5. The van der Waals surface area contributed by atoms with Crippen LogP contribution in [0.25, 0.3) is 0 Å². The van der Waals surface area contributed by atoms with E-state index in [4.69, 9.17) is 0 Å². The maximum atomic E-state index is 14.0. The fraction of sp³-hybridized carbons (Fsp3) is 0.0909. The first-order valence-electron chi connectivity index (χ1n) is 7.97. The summed E-state index contributed by atoms with van der Waals surface area (Å²) in [6.45, 7) is 3.85. The summed E-state index contributed by atoms with van der Waals surface area (Å²) in [6.07, 6.45) is 0. The minimum absolute atomic E-state index is 0.166. The van der Waals surface area contributed by atoms with Crippen molar-refractivity contribution >= 4 is 11.6 Å². The standard InChI is InChI=1S/C22H17FO2/c1-14-3-7-16(8-4-14)21(24)18-11-19(13-20(23)12-18)22(25)17-9-5-15(2)6-10-17/h3-13H,1-2H3. The lowest BCUT2D eigenvalue weighted by Crippen LogP contribution is -2.07. The highest BCUT2D eigenvalue weighted by molar-refractivity contribution is 6.13. The van der Waals surface area contributed by atoms with Crippen LogP contribution in [0.2, 0.25) is 0 Å². The molecule has 0 saturated heterocycles. The van der Waals surface area contributed by atoms with E-state index >= 15 is 0 Å². The van der Waals surface area contributed by atoms with E-state index < -0.39 is 5.82 Å². The van der Waals surface area contributed by atoms with Crippen LogP contribution in [0.1, 0.15) is 43.0 Å². The summed E-state index contributed by atoms with van der Waals surface area (Å²) in [4.78, 5) is 25.2. The Balaban J connectivity index is 1.97. The summed E-state index contributed by atoms with van der Waals surface area (Å²) >= 11 is 0. The van der Waals surface area contributed by atoms with E-state index in [9.17, 15) is 14.0 Å². The third kappa shape index (κ3) is 3.72. The first-order chi connectivity index (χ1) is 11.9. The van der Waals surface area contributed by atoms with E-state index in [0.717, 1.165) is 23.3 Å². The second-order valence-corrected chi connectivity index (χ2v) is 6.12. The van der Waals surface area contributed by atoms with Gasteiger partial charge in [0.25, 0.3) is 0 Å². The van der Waals surface area contributed by atoms with Crippen LogP contribution in [0.5, 0.6) is 0 Å². The van der Waals surface area contributed by atoms with E-state index in [-0.39, 0.29) is 22.7 Å². The number of hydrogen-bond acceptors (Lipinski definition) is 2. The zero-order chi connectivity index (χ0) is 18.0. The smallest absolute Gasteiger partial charge is 0.193 e. The zero-order valence-electron chi connectivity index (χ0n) is 14.0. The summed E-state index contributed by atoms with van der Waals surface area (Å²) in [6, 6.07) is 17.9. The molecule has 0 aliphatic carbocycles. The highest BCUT2D eigenvalue weighted by Gasteiger charge is 2.16. The van der Waals surface area contributed by atoms with Gasteiger partial charge < -0.3 is 0 Å². The summed E-state index contributed by atoms with van der Waals surface area (Å²) in [5.41, 5.74) is 3.32. The van der Waals surface area contributed by atoms with Crippen molar-refractivity contribution in [2.75, 3.05) is 0 Å². The Morgan fingerprint density at radius 2 is 0.960 bits per heavy atom. The van der Waals surface area contributed by atoms with Gasteiger partial charge in [0.05, 0.1) is 0 Å². The van der Waals surface area contributed by atoms with Crippen molar-refractivity contribution in [1.29, 1.82) is 0 Å². The lowest BCUT2D eigenvalue weighted by atomic mass is 9.96. The molecule has 3 aromatic rings. The fourth-order valence-corrected chi connectivity index (χ4v) is 2.60. The second-order valence-electron chi connectivity index (χ2n) is 6.12. The maximum absolute atomic E-state index is 14.0. The molecule has 0 radical (unpaired) electrons. The largest absolute Gasteiger partial charge is 0.289 e. The average molecular weight is 332 g/mol. The predicted molar refractivity (Wildman–Crippen MR) is 95.6 cm³/mol. The summed E-state index contributed by atoms with van der Waals surface area (Å²) in [5, 5.41) is 0. The van der Waals surface area contributed by atoms with Crippen molar-refractivity contribution in [3.8, 4) is 0 Å². The molecule has 3 aromatic carbocycles. The molecule has 0 aliphatic rings. The topological polar surface area (TPSA) is 34.1 Å². The molecule has 2 nitrogen and oxygen atoms in total. The van der Waals surface area contributed by atoms with Crippen LogP contribution in [-0.2, 0) is 0 Å². The third-order valence-electron chi connectivity index (χ3n) is 4.05. The van der Waals surface area contributed by atoms with Crippen molar-refractivity contribution in [2.45, 2.75) is 13.8 Å². The number of ketones is 2. The van der Waals surface area contributed by atoms with E-state index in [0.29, 0.717) is 11.1 Å². The van der Waals surface area contributed by atoms with Crippen LogP contribution in [0.15, 0.2) is 66.7 Å². The van der Waals surface area contributed by atoms with Gasteiger partial charge in [0.1, 0.15) is 5.82 Å². The lowest BCUT2D eigenvalue weighted by molar-refractivity contribution is 0.103. The number of halogens is 1.